The van der Waals surface area contributed by atoms with Crippen LogP contribution in [-0.2, 0) is 13.0 Å². The molecule has 4 rings (SSSR count). The van der Waals surface area contributed by atoms with Gasteiger partial charge in [-0.1, -0.05) is 0 Å². The van der Waals surface area contributed by atoms with E-state index in [1.54, 1.807) is 18.5 Å². The average Bonchev–Trinajstić information content (AvgIpc) is 3.11. The Morgan fingerprint density at radius 3 is 2.86 bits per heavy atom. The van der Waals surface area contributed by atoms with Crippen molar-refractivity contribution in [1.29, 1.82) is 0 Å². The third-order valence-electron chi connectivity index (χ3n) is 4.73. The summed E-state index contributed by atoms with van der Waals surface area (Å²) in [4.78, 5) is 27.9. The fourth-order valence-electron chi connectivity index (χ4n) is 3.26. The van der Waals surface area contributed by atoms with Gasteiger partial charge in [0.15, 0.2) is 5.82 Å². The highest BCUT2D eigenvalue weighted by atomic mass is 16.5. The summed E-state index contributed by atoms with van der Waals surface area (Å²) in [5, 5.41) is 2.96. The number of hydrogen-bond donors (Lipinski definition) is 1. The molecule has 0 spiro atoms. The Balaban J connectivity index is 1.53. The van der Waals surface area contributed by atoms with Crippen LogP contribution in [0.3, 0.4) is 0 Å². The second kappa shape index (κ2) is 7.87. The highest BCUT2D eigenvalue weighted by Crippen LogP contribution is 2.29. The summed E-state index contributed by atoms with van der Waals surface area (Å²) in [5.41, 5.74) is 3.25. The molecule has 2 aromatic heterocycles. The number of fused-ring (bicyclic) bond motifs is 1. The standard InChI is InChI=1S/C22H23N5O2/c1-14-9-17-10-15(6-7-19(17)29-14)22(28)24-13-18-11-20(27(2)3)26-21(25-18)16-5-4-8-23-12-16/h4-8,10-12,14H,9,13H2,1-3H3,(H,24,28)/t14-/m0/s1. The first kappa shape index (κ1) is 18.9. The lowest BCUT2D eigenvalue weighted by molar-refractivity contribution is 0.0950. The molecule has 1 N–H and O–H groups in total. The molecule has 0 unspecified atom stereocenters. The van der Waals surface area contributed by atoms with E-state index in [1.165, 1.54) is 0 Å². The number of carbonyl (C=O) groups is 1. The van der Waals surface area contributed by atoms with Crippen LogP contribution in [0.25, 0.3) is 11.4 Å². The van der Waals surface area contributed by atoms with E-state index in [4.69, 9.17) is 4.74 Å². The number of ether oxygens (including phenoxy) is 1. The van der Waals surface area contributed by atoms with Crippen LogP contribution in [-0.4, -0.2) is 41.1 Å². The van der Waals surface area contributed by atoms with Crippen LogP contribution in [0.5, 0.6) is 5.75 Å². The molecule has 3 heterocycles. The van der Waals surface area contributed by atoms with Crippen molar-refractivity contribution in [3.8, 4) is 17.1 Å². The molecule has 1 aliphatic rings. The van der Waals surface area contributed by atoms with Crippen molar-refractivity contribution in [2.75, 3.05) is 19.0 Å². The van der Waals surface area contributed by atoms with Gasteiger partial charge in [0.25, 0.3) is 5.91 Å². The Hall–Kier alpha value is -3.48. The molecule has 0 radical (unpaired) electrons. The number of carbonyl (C=O) groups excluding carboxylic acids is 1. The number of hydrogen-bond acceptors (Lipinski definition) is 6. The summed E-state index contributed by atoms with van der Waals surface area (Å²) in [5.74, 6) is 2.07. The molecule has 1 amide bonds. The third kappa shape index (κ3) is 4.18. The second-order valence-corrected chi connectivity index (χ2v) is 7.31. The van der Waals surface area contributed by atoms with Gasteiger partial charge in [0.1, 0.15) is 17.7 Å². The van der Waals surface area contributed by atoms with E-state index in [2.05, 4.69) is 20.3 Å². The molecule has 0 aliphatic carbocycles. The molecule has 0 saturated carbocycles. The van der Waals surface area contributed by atoms with Crippen molar-refractivity contribution >= 4 is 11.7 Å². The van der Waals surface area contributed by atoms with Gasteiger partial charge in [-0.25, -0.2) is 9.97 Å². The fourth-order valence-corrected chi connectivity index (χ4v) is 3.26. The monoisotopic (exact) mass is 389 g/mol. The van der Waals surface area contributed by atoms with Gasteiger partial charge < -0.3 is 15.0 Å². The quantitative estimate of drug-likeness (QED) is 0.723. The molecule has 1 aliphatic heterocycles. The minimum absolute atomic E-state index is 0.139. The smallest absolute Gasteiger partial charge is 0.251 e. The van der Waals surface area contributed by atoms with E-state index in [9.17, 15) is 4.79 Å². The summed E-state index contributed by atoms with van der Waals surface area (Å²) in [6.45, 7) is 2.33. The first-order chi connectivity index (χ1) is 14.0. The topological polar surface area (TPSA) is 80.2 Å². The molecular formula is C22H23N5O2. The summed E-state index contributed by atoms with van der Waals surface area (Å²) in [7, 11) is 3.84. The summed E-state index contributed by atoms with van der Waals surface area (Å²) in [6.07, 6.45) is 4.41. The van der Waals surface area contributed by atoms with Crippen LogP contribution in [0, 0.1) is 0 Å². The van der Waals surface area contributed by atoms with E-state index in [1.807, 2.05) is 56.3 Å². The molecule has 3 aromatic rings. The number of aromatic nitrogens is 3. The SMILES string of the molecule is C[C@H]1Cc2cc(C(=O)NCc3cc(N(C)C)nc(-c4cccnc4)n3)ccc2O1. The largest absolute Gasteiger partial charge is 0.490 e. The molecular weight excluding hydrogens is 366 g/mol. The van der Waals surface area contributed by atoms with Gasteiger partial charge in [0.05, 0.1) is 12.2 Å². The number of amides is 1. The Morgan fingerprint density at radius 2 is 2.10 bits per heavy atom. The Kier molecular flexibility index (Phi) is 5.12. The Bertz CT molecular complexity index is 1040. The van der Waals surface area contributed by atoms with Crippen molar-refractivity contribution in [2.45, 2.75) is 26.0 Å². The lowest BCUT2D eigenvalue weighted by atomic mass is 10.1. The van der Waals surface area contributed by atoms with Crippen LogP contribution in [0.2, 0.25) is 0 Å². The highest BCUT2D eigenvalue weighted by molar-refractivity contribution is 5.94. The second-order valence-electron chi connectivity index (χ2n) is 7.31. The molecule has 1 aromatic carbocycles. The number of rotatable bonds is 5. The molecule has 0 bridgehead atoms. The first-order valence-electron chi connectivity index (χ1n) is 9.53. The zero-order valence-electron chi connectivity index (χ0n) is 16.7. The normalized spacial score (nSPS) is 14.8. The zero-order chi connectivity index (χ0) is 20.4. The number of nitrogens with zero attached hydrogens (tertiary/aromatic N) is 4. The maximum atomic E-state index is 12.7. The van der Waals surface area contributed by atoms with E-state index in [0.29, 0.717) is 17.9 Å². The Labute approximate surface area is 169 Å². The number of nitrogens with one attached hydrogen (secondary N) is 1. The third-order valence-corrected chi connectivity index (χ3v) is 4.73. The lowest BCUT2D eigenvalue weighted by Crippen LogP contribution is -2.24. The van der Waals surface area contributed by atoms with Crippen LogP contribution >= 0.6 is 0 Å². The predicted octanol–water partition coefficient (Wildman–Crippen LogP) is 2.86. The van der Waals surface area contributed by atoms with Crippen molar-refractivity contribution in [2.24, 2.45) is 0 Å². The van der Waals surface area contributed by atoms with Crippen molar-refractivity contribution in [3.63, 3.8) is 0 Å². The summed E-state index contributed by atoms with van der Waals surface area (Å²) < 4.78 is 5.70. The van der Waals surface area contributed by atoms with Crippen LogP contribution in [0.1, 0.15) is 28.5 Å². The minimum atomic E-state index is -0.139. The average molecular weight is 389 g/mol. The van der Waals surface area contributed by atoms with E-state index < -0.39 is 0 Å². The van der Waals surface area contributed by atoms with Gasteiger partial charge in [-0.15, -0.1) is 0 Å². The first-order valence-corrected chi connectivity index (χ1v) is 9.53. The van der Waals surface area contributed by atoms with E-state index >= 15 is 0 Å². The summed E-state index contributed by atoms with van der Waals surface area (Å²) in [6, 6.07) is 11.2. The van der Waals surface area contributed by atoms with Gasteiger partial charge >= 0.3 is 0 Å². The van der Waals surface area contributed by atoms with Crippen LogP contribution in [0.15, 0.2) is 48.8 Å². The molecule has 148 valence electrons. The van der Waals surface area contributed by atoms with Gasteiger partial charge in [-0.3, -0.25) is 9.78 Å². The Morgan fingerprint density at radius 1 is 1.24 bits per heavy atom. The van der Waals surface area contributed by atoms with Crippen molar-refractivity contribution in [1.82, 2.24) is 20.3 Å². The highest BCUT2D eigenvalue weighted by Gasteiger charge is 2.20. The lowest BCUT2D eigenvalue weighted by Gasteiger charge is -2.14. The van der Waals surface area contributed by atoms with Crippen molar-refractivity contribution in [3.05, 3.63) is 65.6 Å². The van der Waals surface area contributed by atoms with E-state index in [0.717, 1.165) is 34.8 Å². The fraction of sp³-hybridized carbons (Fsp3) is 0.273. The van der Waals surface area contributed by atoms with Crippen LogP contribution < -0.4 is 15.0 Å². The predicted molar refractivity (Wildman–Crippen MR) is 111 cm³/mol. The van der Waals surface area contributed by atoms with Gasteiger partial charge in [0, 0.05) is 50.1 Å². The van der Waals surface area contributed by atoms with Gasteiger partial charge in [0.2, 0.25) is 0 Å². The minimum Gasteiger partial charge on any atom is -0.490 e. The summed E-state index contributed by atoms with van der Waals surface area (Å²) >= 11 is 0. The molecule has 0 fully saturated rings. The van der Waals surface area contributed by atoms with E-state index in [-0.39, 0.29) is 12.0 Å². The molecule has 29 heavy (non-hydrogen) atoms. The molecule has 7 nitrogen and oxygen atoms in total. The number of pyridine rings is 1. The maximum absolute atomic E-state index is 12.7. The van der Waals surface area contributed by atoms with Gasteiger partial charge in [-0.2, -0.15) is 0 Å². The van der Waals surface area contributed by atoms with Crippen molar-refractivity contribution < 1.29 is 9.53 Å². The zero-order valence-corrected chi connectivity index (χ0v) is 16.7. The number of anilines is 1. The maximum Gasteiger partial charge on any atom is 0.251 e. The molecule has 1 atom stereocenters. The molecule has 7 heteroatoms. The molecule has 0 saturated heterocycles. The van der Waals surface area contributed by atoms with Crippen LogP contribution in [0.4, 0.5) is 5.82 Å². The number of benzene rings is 1. The van der Waals surface area contributed by atoms with Gasteiger partial charge in [-0.05, 0) is 42.8 Å².